The van der Waals surface area contributed by atoms with Gasteiger partial charge in [0.25, 0.3) is 0 Å². The number of hydrogen-bond donors (Lipinski definition) is 0. The van der Waals surface area contributed by atoms with Crippen molar-refractivity contribution in [1.82, 2.24) is 0 Å². The fourth-order valence-corrected chi connectivity index (χ4v) is 2.16. The molecule has 53 valence electrons. The summed E-state index contributed by atoms with van der Waals surface area (Å²) in [5.41, 5.74) is 1.64. The first kappa shape index (κ1) is 8.12. The first-order valence-corrected chi connectivity index (χ1v) is 4.65. The molecule has 0 amide bonds. The van der Waals surface area contributed by atoms with Crippen molar-refractivity contribution in [3.8, 4) is 0 Å². The molecule has 0 saturated heterocycles. The van der Waals surface area contributed by atoms with Gasteiger partial charge in [-0.15, -0.1) is 5.47 Å². The van der Waals surface area contributed by atoms with E-state index in [0.29, 0.717) is 0 Å². The third kappa shape index (κ3) is 1.75. The SMILES string of the molecule is CB(C)C1=C([Si])CCCC1. The van der Waals surface area contributed by atoms with Crippen LogP contribution in [0.4, 0.5) is 0 Å². The Kier molecular flexibility index (Phi) is 2.78. The molecule has 0 spiro atoms. The van der Waals surface area contributed by atoms with Gasteiger partial charge in [-0.25, -0.2) is 0 Å². The summed E-state index contributed by atoms with van der Waals surface area (Å²) in [7, 11) is 3.68. The van der Waals surface area contributed by atoms with Crippen LogP contribution in [-0.4, -0.2) is 17.0 Å². The summed E-state index contributed by atoms with van der Waals surface area (Å²) in [6.45, 7) is 5.30. The number of hydrogen-bond acceptors (Lipinski definition) is 0. The minimum Gasteiger partial charge on any atom is -0.107 e. The second-order valence-electron chi connectivity index (χ2n) is 3.37. The highest BCUT2D eigenvalue weighted by molar-refractivity contribution is 6.65. The molecule has 0 atom stereocenters. The van der Waals surface area contributed by atoms with Gasteiger partial charge < -0.3 is 0 Å². The Balaban J connectivity index is 2.68. The molecule has 0 N–H and O–H groups in total. The molecule has 0 aromatic heterocycles. The van der Waals surface area contributed by atoms with E-state index in [1.54, 1.807) is 5.47 Å². The van der Waals surface area contributed by atoms with Crippen LogP contribution in [0.2, 0.25) is 13.6 Å². The summed E-state index contributed by atoms with van der Waals surface area (Å²) in [6, 6.07) is 0. The van der Waals surface area contributed by atoms with Crippen LogP contribution in [0.1, 0.15) is 25.7 Å². The lowest BCUT2D eigenvalue weighted by molar-refractivity contribution is 0.710. The van der Waals surface area contributed by atoms with Crippen LogP contribution in [0.25, 0.3) is 0 Å². The minimum atomic E-state index is 0.743. The summed E-state index contributed by atoms with van der Waals surface area (Å²) >= 11 is 0. The van der Waals surface area contributed by atoms with E-state index in [2.05, 4.69) is 23.9 Å². The summed E-state index contributed by atoms with van der Waals surface area (Å²) in [4.78, 5) is 0. The van der Waals surface area contributed by atoms with Crippen LogP contribution >= 0.6 is 0 Å². The first-order chi connectivity index (χ1) is 4.72. The standard InChI is InChI=1S/C8H14BSi/c1-9(2)7-5-3-4-6-8(7)10/h3-6H2,1-2H3. The fraction of sp³-hybridized carbons (Fsp3) is 0.750. The van der Waals surface area contributed by atoms with E-state index >= 15 is 0 Å². The summed E-state index contributed by atoms with van der Waals surface area (Å²) in [5, 5.41) is 1.47. The molecule has 0 aromatic carbocycles. The molecule has 0 heterocycles. The van der Waals surface area contributed by atoms with Crippen molar-refractivity contribution in [2.24, 2.45) is 0 Å². The van der Waals surface area contributed by atoms with Gasteiger partial charge in [0.15, 0.2) is 6.71 Å². The lowest BCUT2D eigenvalue weighted by Gasteiger charge is -2.19. The van der Waals surface area contributed by atoms with Gasteiger partial charge in [-0.1, -0.05) is 25.3 Å². The van der Waals surface area contributed by atoms with Crippen molar-refractivity contribution in [1.29, 1.82) is 0 Å². The van der Waals surface area contributed by atoms with Gasteiger partial charge in [-0.3, -0.25) is 0 Å². The maximum Gasteiger partial charge on any atom is 0.163 e. The Hall–Kier alpha value is 0.0218. The Morgan fingerprint density at radius 3 is 2.20 bits per heavy atom. The van der Waals surface area contributed by atoms with E-state index in [9.17, 15) is 0 Å². The fourth-order valence-electron chi connectivity index (χ4n) is 1.57. The molecule has 0 nitrogen and oxygen atoms in total. The molecule has 1 aliphatic carbocycles. The highest BCUT2D eigenvalue weighted by Gasteiger charge is 2.13. The van der Waals surface area contributed by atoms with Crippen molar-refractivity contribution in [2.75, 3.05) is 0 Å². The predicted molar refractivity (Wildman–Crippen MR) is 48.7 cm³/mol. The van der Waals surface area contributed by atoms with Gasteiger partial charge in [0.05, 0.1) is 10.2 Å². The maximum atomic E-state index is 3.68. The molecule has 0 unspecified atom stereocenters. The second kappa shape index (κ2) is 3.42. The second-order valence-corrected chi connectivity index (χ2v) is 3.97. The van der Waals surface area contributed by atoms with Crippen LogP contribution in [0.15, 0.2) is 10.7 Å². The van der Waals surface area contributed by atoms with Crippen molar-refractivity contribution < 1.29 is 0 Å². The molecule has 0 fully saturated rings. The summed E-state index contributed by atoms with van der Waals surface area (Å²) in [5.74, 6) is 0. The monoisotopic (exact) mass is 149 g/mol. The largest absolute Gasteiger partial charge is 0.163 e. The van der Waals surface area contributed by atoms with Crippen LogP contribution < -0.4 is 0 Å². The lowest BCUT2D eigenvalue weighted by atomic mass is 9.47. The highest BCUT2D eigenvalue weighted by Crippen LogP contribution is 2.24. The Bertz CT molecular complexity index is 149. The Labute approximate surface area is 67.6 Å². The molecule has 10 heavy (non-hydrogen) atoms. The molecule has 3 radical (unpaired) electrons. The first-order valence-electron chi connectivity index (χ1n) is 4.15. The molecule has 2 heteroatoms. The van der Waals surface area contributed by atoms with Crippen LogP contribution in [0.5, 0.6) is 0 Å². The third-order valence-electron chi connectivity index (χ3n) is 2.21. The van der Waals surface area contributed by atoms with Gasteiger partial charge in [0.1, 0.15) is 0 Å². The normalized spacial score (nSPS) is 19.5. The zero-order valence-corrected chi connectivity index (χ0v) is 7.91. The summed E-state index contributed by atoms with van der Waals surface area (Å²) in [6.07, 6.45) is 5.34. The quantitative estimate of drug-likeness (QED) is 0.501. The molecule has 0 aromatic rings. The Morgan fingerprint density at radius 1 is 1.20 bits per heavy atom. The van der Waals surface area contributed by atoms with E-state index in [-0.39, 0.29) is 0 Å². The third-order valence-corrected chi connectivity index (χ3v) is 2.78. The minimum absolute atomic E-state index is 0.743. The summed E-state index contributed by atoms with van der Waals surface area (Å²) < 4.78 is 0. The van der Waals surface area contributed by atoms with Gasteiger partial charge in [-0.05, 0) is 19.3 Å². The average Bonchev–Trinajstić information content (AvgIpc) is 1.88. The van der Waals surface area contributed by atoms with Gasteiger partial charge in [-0.2, -0.15) is 0 Å². The van der Waals surface area contributed by atoms with Crippen LogP contribution in [0, 0.1) is 0 Å². The van der Waals surface area contributed by atoms with Crippen LogP contribution in [-0.2, 0) is 0 Å². The van der Waals surface area contributed by atoms with E-state index < -0.39 is 0 Å². The maximum absolute atomic E-state index is 3.68. The van der Waals surface area contributed by atoms with Crippen molar-refractivity contribution >= 4 is 17.0 Å². The van der Waals surface area contributed by atoms with Crippen molar-refractivity contribution in [2.45, 2.75) is 39.3 Å². The smallest absolute Gasteiger partial charge is 0.107 e. The zero-order chi connectivity index (χ0) is 7.56. The number of allylic oxidation sites excluding steroid dienone is 2. The average molecular weight is 149 g/mol. The van der Waals surface area contributed by atoms with E-state index in [1.165, 1.54) is 30.9 Å². The van der Waals surface area contributed by atoms with Gasteiger partial charge in [0, 0.05) is 0 Å². The molecular weight excluding hydrogens is 135 g/mol. The topological polar surface area (TPSA) is 0 Å². The van der Waals surface area contributed by atoms with E-state index in [1.807, 2.05) is 0 Å². The molecule has 0 aliphatic heterocycles. The highest BCUT2D eigenvalue weighted by atomic mass is 28.1. The number of rotatable bonds is 1. The van der Waals surface area contributed by atoms with Crippen LogP contribution in [0.3, 0.4) is 0 Å². The molecule has 1 rings (SSSR count). The van der Waals surface area contributed by atoms with Gasteiger partial charge in [0.2, 0.25) is 0 Å². The van der Waals surface area contributed by atoms with Crippen molar-refractivity contribution in [3.05, 3.63) is 10.7 Å². The van der Waals surface area contributed by atoms with Crippen molar-refractivity contribution in [3.63, 3.8) is 0 Å². The predicted octanol–water partition coefficient (Wildman–Crippen LogP) is 2.28. The van der Waals surface area contributed by atoms with Gasteiger partial charge >= 0.3 is 0 Å². The molecular formula is C8H14BSi. The zero-order valence-electron chi connectivity index (χ0n) is 6.91. The molecule has 0 bridgehead atoms. The van der Waals surface area contributed by atoms with E-state index in [4.69, 9.17) is 0 Å². The lowest BCUT2D eigenvalue weighted by Crippen LogP contribution is -2.12. The van der Waals surface area contributed by atoms with E-state index in [0.717, 1.165) is 6.71 Å². The molecule has 0 saturated carbocycles. The molecule has 1 aliphatic rings. The Morgan fingerprint density at radius 2 is 1.80 bits per heavy atom.